The van der Waals surface area contributed by atoms with Crippen molar-refractivity contribution < 1.29 is 18.3 Å². The van der Waals surface area contributed by atoms with E-state index in [1.54, 1.807) is 13.8 Å². The zero-order valence-electron chi connectivity index (χ0n) is 13.2. The van der Waals surface area contributed by atoms with Gasteiger partial charge in [0.25, 0.3) is 0 Å². The number of nitrogens with one attached hydrogen (secondary N) is 1. The van der Waals surface area contributed by atoms with E-state index < -0.39 is 16.0 Å². The summed E-state index contributed by atoms with van der Waals surface area (Å²) in [6.07, 6.45) is 2.16. The SMILES string of the molecule is Cc1cc(C)c(S(=O)(=O)N[C@@H]2CC[C@H](CC(=O)O)C2)c(C)c1. The molecule has 5 nitrogen and oxygen atoms in total. The molecule has 22 heavy (non-hydrogen) atoms. The van der Waals surface area contributed by atoms with Crippen LogP contribution in [-0.4, -0.2) is 25.5 Å². The number of benzene rings is 1. The number of carboxylic acid groups (broad SMARTS) is 1. The Hall–Kier alpha value is -1.40. The molecule has 1 aliphatic carbocycles. The third-order valence-electron chi connectivity index (χ3n) is 4.20. The highest BCUT2D eigenvalue weighted by Gasteiger charge is 2.31. The summed E-state index contributed by atoms with van der Waals surface area (Å²) in [6.45, 7) is 5.55. The zero-order chi connectivity index (χ0) is 16.5. The summed E-state index contributed by atoms with van der Waals surface area (Å²) in [5.74, 6) is -0.760. The number of aliphatic carboxylic acids is 1. The predicted molar refractivity (Wildman–Crippen MR) is 84.4 cm³/mol. The molecular formula is C16H23NO4S. The minimum Gasteiger partial charge on any atom is -0.481 e. The second-order valence-electron chi connectivity index (χ2n) is 6.32. The van der Waals surface area contributed by atoms with Gasteiger partial charge in [0.2, 0.25) is 10.0 Å². The normalized spacial score (nSPS) is 22.0. The Morgan fingerprint density at radius 1 is 1.23 bits per heavy atom. The van der Waals surface area contributed by atoms with Gasteiger partial charge in [0.05, 0.1) is 4.90 Å². The van der Waals surface area contributed by atoms with E-state index in [-0.39, 0.29) is 18.4 Å². The van der Waals surface area contributed by atoms with Crippen molar-refractivity contribution in [2.24, 2.45) is 5.92 Å². The van der Waals surface area contributed by atoms with Crippen LogP contribution < -0.4 is 4.72 Å². The fourth-order valence-electron chi connectivity index (χ4n) is 3.48. The third-order valence-corrected chi connectivity index (χ3v) is 6.02. The van der Waals surface area contributed by atoms with Crippen molar-refractivity contribution in [2.45, 2.75) is 57.4 Å². The van der Waals surface area contributed by atoms with Crippen LogP contribution in [-0.2, 0) is 14.8 Å². The van der Waals surface area contributed by atoms with E-state index in [2.05, 4.69) is 4.72 Å². The maximum atomic E-state index is 12.6. The van der Waals surface area contributed by atoms with Crippen LogP contribution in [0.2, 0.25) is 0 Å². The first-order valence-corrected chi connectivity index (χ1v) is 8.99. The van der Waals surface area contributed by atoms with Crippen molar-refractivity contribution in [3.63, 3.8) is 0 Å². The minimum atomic E-state index is -3.57. The molecular weight excluding hydrogens is 302 g/mol. The van der Waals surface area contributed by atoms with Gasteiger partial charge in [-0.25, -0.2) is 13.1 Å². The Morgan fingerprint density at radius 2 is 1.82 bits per heavy atom. The Balaban J connectivity index is 2.15. The molecule has 2 rings (SSSR count). The molecule has 0 saturated heterocycles. The number of carbonyl (C=O) groups is 1. The van der Waals surface area contributed by atoms with Gasteiger partial charge in [-0.05, 0) is 57.1 Å². The highest BCUT2D eigenvalue weighted by atomic mass is 32.2. The lowest BCUT2D eigenvalue weighted by molar-refractivity contribution is -0.138. The maximum absolute atomic E-state index is 12.6. The van der Waals surface area contributed by atoms with Gasteiger partial charge in [0.1, 0.15) is 0 Å². The monoisotopic (exact) mass is 325 g/mol. The van der Waals surface area contributed by atoms with Crippen molar-refractivity contribution in [3.05, 3.63) is 28.8 Å². The number of carboxylic acids is 1. The smallest absolute Gasteiger partial charge is 0.303 e. The Kier molecular flexibility index (Phi) is 4.92. The maximum Gasteiger partial charge on any atom is 0.303 e. The minimum absolute atomic E-state index is 0.0606. The topological polar surface area (TPSA) is 83.5 Å². The predicted octanol–water partition coefficient (Wildman–Crippen LogP) is 2.53. The molecule has 0 amide bonds. The van der Waals surface area contributed by atoms with Crippen LogP contribution in [0.1, 0.15) is 42.4 Å². The van der Waals surface area contributed by atoms with E-state index in [1.165, 1.54) is 0 Å². The molecule has 1 aromatic carbocycles. The van der Waals surface area contributed by atoms with Crippen LogP contribution in [0.5, 0.6) is 0 Å². The highest BCUT2D eigenvalue weighted by molar-refractivity contribution is 7.89. The summed E-state index contributed by atoms with van der Waals surface area (Å²) in [6, 6.07) is 3.56. The van der Waals surface area contributed by atoms with E-state index in [1.807, 2.05) is 19.1 Å². The lowest BCUT2D eigenvalue weighted by atomic mass is 10.0. The van der Waals surface area contributed by atoms with E-state index in [0.717, 1.165) is 23.1 Å². The van der Waals surface area contributed by atoms with E-state index in [9.17, 15) is 13.2 Å². The van der Waals surface area contributed by atoms with Crippen LogP contribution in [0, 0.1) is 26.7 Å². The van der Waals surface area contributed by atoms with E-state index in [4.69, 9.17) is 5.11 Å². The lowest BCUT2D eigenvalue weighted by Crippen LogP contribution is -2.34. The number of hydrogen-bond donors (Lipinski definition) is 2. The first kappa shape index (κ1) is 17.0. The average molecular weight is 325 g/mol. The molecule has 1 fully saturated rings. The second-order valence-corrected chi connectivity index (χ2v) is 7.97. The first-order chi connectivity index (χ1) is 10.2. The van der Waals surface area contributed by atoms with Crippen LogP contribution >= 0.6 is 0 Å². The van der Waals surface area contributed by atoms with Gasteiger partial charge in [-0.1, -0.05) is 17.7 Å². The van der Waals surface area contributed by atoms with Crippen molar-refractivity contribution in [1.29, 1.82) is 0 Å². The van der Waals surface area contributed by atoms with Gasteiger partial charge in [-0.15, -0.1) is 0 Å². The molecule has 0 heterocycles. The molecule has 6 heteroatoms. The molecule has 122 valence electrons. The van der Waals surface area contributed by atoms with Gasteiger partial charge in [-0.3, -0.25) is 4.79 Å². The highest BCUT2D eigenvalue weighted by Crippen LogP contribution is 2.30. The van der Waals surface area contributed by atoms with Gasteiger partial charge >= 0.3 is 5.97 Å². The van der Waals surface area contributed by atoms with Crippen molar-refractivity contribution >= 4 is 16.0 Å². The molecule has 0 bridgehead atoms. The Labute approximate surface area is 131 Å². The molecule has 0 spiro atoms. The number of hydrogen-bond acceptors (Lipinski definition) is 3. The first-order valence-electron chi connectivity index (χ1n) is 7.51. The van der Waals surface area contributed by atoms with E-state index >= 15 is 0 Å². The molecule has 0 aliphatic heterocycles. The summed E-state index contributed by atoms with van der Waals surface area (Å²) >= 11 is 0. The van der Waals surface area contributed by atoms with Crippen LogP contribution in [0.25, 0.3) is 0 Å². The van der Waals surface area contributed by atoms with Crippen molar-refractivity contribution in [2.75, 3.05) is 0 Å². The quantitative estimate of drug-likeness (QED) is 0.871. The average Bonchev–Trinajstić information content (AvgIpc) is 2.72. The fourth-order valence-corrected chi connectivity index (χ4v) is 5.22. The van der Waals surface area contributed by atoms with Gasteiger partial charge < -0.3 is 5.11 Å². The second kappa shape index (κ2) is 6.38. The standard InChI is InChI=1S/C16H23NO4S/c1-10-6-11(2)16(12(3)7-10)22(20,21)17-14-5-4-13(8-14)9-15(18)19/h6-7,13-14,17H,4-5,8-9H2,1-3H3,(H,18,19)/t13-,14+/m0/s1. The van der Waals surface area contributed by atoms with Crippen molar-refractivity contribution in [1.82, 2.24) is 4.72 Å². The molecule has 1 aromatic rings. The van der Waals surface area contributed by atoms with E-state index in [0.29, 0.717) is 17.7 Å². The molecule has 0 aromatic heterocycles. The molecule has 2 N–H and O–H groups in total. The van der Waals surface area contributed by atoms with Crippen LogP contribution in [0.4, 0.5) is 0 Å². The number of sulfonamides is 1. The van der Waals surface area contributed by atoms with Crippen LogP contribution in [0.3, 0.4) is 0 Å². The van der Waals surface area contributed by atoms with Crippen LogP contribution in [0.15, 0.2) is 17.0 Å². The summed E-state index contributed by atoms with van der Waals surface area (Å²) in [7, 11) is -3.57. The lowest BCUT2D eigenvalue weighted by Gasteiger charge is -2.17. The third kappa shape index (κ3) is 3.87. The van der Waals surface area contributed by atoms with Gasteiger partial charge in [0, 0.05) is 12.5 Å². The summed E-state index contributed by atoms with van der Waals surface area (Å²) in [5.41, 5.74) is 2.52. The molecule has 0 radical (unpaired) electrons. The Morgan fingerprint density at radius 3 is 2.36 bits per heavy atom. The summed E-state index contributed by atoms with van der Waals surface area (Å²) < 4.78 is 28.0. The summed E-state index contributed by atoms with van der Waals surface area (Å²) in [4.78, 5) is 11.1. The van der Waals surface area contributed by atoms with Gasteiger partial charge in [0.15, 0.2) is 0 Å². The zero-order valence-corrected chi connectivity index (χ0v) is 14.0. The number of rotatable bonds is 5. The number of aryl methyl sites for hydroxylation is 3. The fraction of sp³-hybridized carbons (Fsp3) is 0.562. The summed E-state index contributed by atoms with van der Waals surface area (Å²) in [5, 5.41) is 8.83. The van der Waals surface area contributed by atoms with Crippen molar-refractivity contribution in [3.8, 4) is 0 Å². The molecule has 1 aliphatic rings. The Bertz CT molecular complexity index is 658. The molecule has 1 saturated carbocycles. The van der Waals surface area contributed by atoms with Gasteiger partial charge in [-0.2, -0.15) is 0 Å². The molecule has 0 unspecified atom stereocenters. The molecule has 2 atom stereocenters. The largest absolute Gasteiger partial charge is 0.481 e.